The molecule has 0 unspecified atom stereocenters. The van der Waals surface area contributed by atoms with E-state index in [0.717, 1.165) is 16.4 Å². The number of carbonyl (C=O) groups is 1. The molecule has 29 heavy (non-hydrogen) atoms. The molecular weight excluding hydrogens is 409 g/mol. The van der Waals surface area contributed by atoms with E-state index in [4.69, 9.17) is 16.3 Å². The number of carbonyl (C=O) groups excluding carboxylic acids is 1. The van der Waals surface area contributed by atoms with Crippen molar-refractivity contribution in [2.45, 2.75) is 12.6 Å². The number of hydrogen-bond donors (Lipinski definition) is 1. The number of alkyl halides is 3. The van der Waals surface area contributed by atoms with Crippen molar-refractivity contribution >= 4 is 17.5 Å². The Kier molecular flexibility index (Phi) is 6.38. The third kappa shape index (κ3) is 5.47. The number of para-hydroxylation sites is 1. The summed E-state index contributed by atoms with van der Waals surface area (Å²) in [5.41, 5.74) is -0.140. The Morgan fingerprint density at radius 2 is 1.93 bits per heavy atom. The number of pyridine rings is 1. The zero-order chi connectivity index (χ0) is 20.9. The summed E-state index contributed by atoms with van der Waals surface area (Å²) in [7, 11) is 0. The van der Waals surface area contributed by atoms with Crippen molar-refractivity contribution in [1.82, 2.24) is 20.1 Å². The molecule has 10 heteroatoms. The molecule has 152 valence electrons. The number of aromatic nitrogens is 3. The Balaban J connectivity index is 1.67. The van der Waals surface area contributed by atoms with Gasteiger partial charge in [-0.2, -0.15) is 23.0 Å². The van der Waals surface area contributed by atoms with E-state index in [1.165, 1.54) is 12.1 Å². The van der Waals surface area contributed by atoms with Gasteiger partial charge in [-0.25, -0.2) is 0 Å². The Hall–Kier alpha value is -3.07. The average Bonchev–Trinajstić information content (AvgIpc) is 3.12. The molecule has 2 heterocycles. The smallest absolute Gasteiger partial charge is 0.435 e. The predicted molar refractivity (Wildman–Crippen MR) is 100 cm³/mol. The number of hydrogen-bond acceptors (Lipinski definition) is 4. The van der Waals surface area contributed by atoms with Gasteiger partial charge in [0.05, 0.1) is 10.7 Å². The van der Waals surface area contributed by atoms with Crippen LogP contribution in [0.25, 0.3) is 5.69 Å². The maximum Gasteiger partial charge on any atom is 0.435 e. The summed E-state index contributed by atoms with van der Waals surface area (Å²) in [6.45, 7) is -0.160. The van der Waals surface area contributed by atoms with Gasteiger partial charge in [0.25, 0.3) is 5.91 Å². The molecule has 0 aliphatic rings. The number of rotatable bonds is 7. The van der Waals surface area contributed by atoms with Crippen molar-refractivity contribution in [1.29, 1.82) is 0 Å². The Labute approximate surface area is 169 Å². The first-order chi connectivity index (χ1) is 13.8. The molecule has 6 nitrogen and oxygen atoms in total. The van der Waals surface area contributed by atoms with Crippen molar-refractivity contribution in [3.05, 3.63) is 71.1 Å². The Bertz CT molecular complexity index is 977. The van der Waals surface area contributed by atoms with Crippen molar-refractivity contribution in [3.8, 4) is 11.6 Å². The molecule has 0 saturated carbocycles. The van der Waals surface area contributed by atoms with Crippen LogP contribution in [0.5, 0.6) is 5.88 Å². The molecule has 0 saturated heterocycles. The van der Waals surface area contributed by atoms with Crippen molar-refractivity contribution < 1.29 is 22.7 Å². The summed E-state index contributed by atoms with van der Waals surface area (Å²) in [5.74, 6) is -0.730. The Morgan fingerprint density at radius 3 is 2.62 bits per heavy atom. The normalized spacial score (nSPS) is 11.3. The van der Waals surface area contributed by atoms with Crippen LogP contribution in [-0.2, 0) is 17.4 Å². The minimum Gasteiger partial charge on any atom is -0.467 e. The molecule has 3 aromatic rings. The SMILES string of the molecule is O=C(COc1cc(C(F)(F)F)nn1-c1ccccc1Cl)NCCc1ccccn1. The maximum absolute atomic E-state index is 13.1. The van der Waals surface area contributed by atoms with Gasteiger partial charge >= 0.3 is 6.18 Å². The highest BCUT2D eigenvalue weighted by Crippen LogP contribution is 2.33. The molecule has 1 aromatic carbocycles. The van der Waals surface area contributed by atoms with Crippen molar-refractivity contribution in [2.24, 2.45) is 0 Å². The minimum absolute atomic E-state index is 0.189. The van der Waals surface area contributed by atoms with Gasteiger partial charge in [0, 0.05) is 30.9 Å². The van der Waals surface area contributed by atoms with Gasteiger partial charge in [-0.15, -0.1) is 0 Å². The number of amides is 1. The van der Waals surface area contributed by atoms with Crippen LogP contribution >= 0.6 is 11.6 Å². The van der Waals surface area contributed by atoms with Gasteiger partial charge in [-0.1, -0.05) is 29.8 Å². The van der Waals surface area contributed by atoms with E-state index in [9.17, 15) is 18.0 Å². The number of nitrogens with one attached hydrogen (secondary N) is 1. The first kappa shape index (κ1) is 20.7. The molecule has 0 fully saturated rings. The molecule has 1 N–H and O–H groups in total. The van der Waals surface area contributed by atoms with Gasteiger partial charge in [0.1, 0.15) is 0 Å². The van der Waals surface area contributed by atoms with Crippen LogP contribution in [0.15, 0.2) is 54.7 Å². The zero-order valence-corrected chi connectivity index (χ0v) is 15.7. The van der Waals surface area contributed by atoms with Gasteiger partial charge < -0.3 is 10.1 Å². The zero-order valence-electron chi connectivity index (χ0n) is 15.0. The maximum atomic E-state index is 13.1. The highest BCUT2D eigenvalue weighted by molar-refractivity contribution is 6.32. The van der Waals surface area contributed by atoms with Crippen LogP contribution in [0.4, 0.5) is 13.2 Å². The van der Waals surface area contributed by atoms with E-state index in [2.05, 4.69) is 15.4 Å². The summed E-state index contributed by atoms with van der Waals surface area (Å²) in [4.78, 5) is 16.1. The van der Waals surface area contributed by atoms with E-state index >= 15 is 0 Å². The number of ether oxygens (including phenoxy) is 1. The van der Waals surface area contributed by atoms with Crippen LogP contribution in [0.3, 0.4) is 0 Å². The van der Waals surface area contributed by atoms with E-state index in [0.29, 0.717) is 13.0 Å². The molecular formula is C19H16ClF3N4O2. The summed E-state index contributed by atoms with van der Waals surface area (Å²) in [5, 5.41) is 6.35. The van der Waals surface area contributed by atoms with Crippen LogP contribution in [-0.4, -0.2) is 33.8 Å². The lowest BCUT2D eigenvalue weighted by molar-refractivity contribution is -0.141. The number of nitrogens with zero attached hydrogens (tertiary/aromatic N) is 3. The van der Waals surface area contributed by atoms with E-state index in [1.54, 1.807) is 24.4 Å². The molecule has 0 aliphatic carbocycles. The highest BCUT2D eigenvalue weighted by atomic mass is 35.5. The molecule has 0 spiro atoms. The van der Waals surface area contributed by atoms with E-state index in [1.807, 2.05) is 12.1 Å². The predicted octanol–water partition coefficient (Wildman–Crippen LogP) is 3.68. The lowest BCUT2D eigenvalue weighted by Gasteiger charge is -2.10. The van der Waals surface area contributed by atoms with Gasteiger partial charge in [-0.05, 0) is 24.3 Å². The molecule has 3 rings (SSSR count). The topological polar surface area (TPSA) is 69.0 Å². The van der Waals surface area contributed by atoms with Gasteiger partial charge in [0.2, 0.25) is 5.88 Å². The van der Waals surface area contributed by atoms with Crippen LogP contribution in [0, 0.1) is 0 Å². The van der Waals surface area contributed by atoms with Gasteiger partial charge in [-0.3, -0.25) is 9.78 Å². The molecule has 1 amide bonds. The van der Waals surface area contributed by atoms with Crippen LogP contribution < -0.4 is 10.1 Å². The summed E-state index contributed by atoms with van der Waals surface area (Å²) < 4.78 is 45.4. The number of halogens is 4. The Morgan fingerprint density at radius 1 is 1.17 bits per heavy atom. The van der Waals surface area contributed by atoms with Crippen LogP contribution in [0.2, 0.25) is 5.02 Å². The fourth-order valence-electron chi connectivity index (χ4n) is 2.47. The summed E-state index contributed by atoms with van der Waals surface area (Å²) in [6.07, 6.45) is -2.51. The number of benzene rings is 1. The molecule has 0 atom stereocenters. The third-order valence-electron chi connectivity index (χ3n) is 3.83. The fraction of sp³-hybridized carbons (Fsp3) is 0.211. The van der Waals surface area contributed by atoms with Crippen molar-refractivity contribution in [3.63, 3.8) is 0 Å². The summed E-state index contributed by atoms with van der Waals surface area (Å²) in [6, 6.07) is 12.4. The van der Waals surface area contributed by atoms with E-state index in [-0.39, 0.29) is 16.6 Å². The molecule has 2 aromatic heterocycles. The summed E-state index contributed by atoms with van der Waals surface area (Å²) >= 11 is 6.06. The van der Waals surface area contributed by atoms with Crippen LogP contribution in [0.1, 0.15) is 11.4 Å². The quantitative estimate of drug-likeness (QED) is 0.628. The second-order valence-corrected chi connectivity index (χ2v) is 6.35. The monoisotopic (exact) mass is 424 g/mol. The first-order valence-corrected chi connectivity index (χ1v) is 8.94. The molecule has 0 radical (unpaired) electrons. The molecule has 0 bridgehead atoms. The highest BCUT2D eigenvalue weighted by Gasteiger charge is 2.35. The largest absolute Gasteiger partial charge is 0.467 e. The second-order valence-electron chi connectivity index (χ2n) is 5.94. The first-order valence-electron chi connectivity index (χ1n) is 8.56. The lowest BCUT2D eigenvalue weighted by Crippen LogP contribution is -2.31. The third-order valence-corrected chi connectivity index (χ3v) is 4.15. The second kappa shape index (κ2) is 8.95. The van der Waals surface area contributed by atoms with Gasteiger partial charge in [0.15, 0.2) is 12.3 Å². The fourth-order valence-corrected chi connectivity index (χ4v) is 2.68. The minimum atomic E-state index is -4.67. The van der Waals surface area contributed by atoms with Crippen molar-refractivity contribution in [2.75, 3.05) is 13.2 Å². The molecule has 0 aliphatic heterocycles. The lowest BCUT2D eigenvalue weighted by atomic mass is 10.3. The van der Waals surface area contributed by atoms with E-state index < -0.39 is 24.4 Å². The standard InChI is InChI=1S/C19H16ClF3N4O2/c20-14-6-1-2-7-15(14)27-18(11-16(26-27)19(21,22)23)29-12-17(28)25-10-8-13-5-3-4-9-24-13/h1-7,9,11H,8,10,12H2,(H,25,28). The average molecular weight is 425 g/mol.